The fraction of sp³-hybridized carbons (Fsp3) is 0.226. The molecule has 1 atom stereocenters. The first kappa shape index (κ1) is 25.3. The highest BCUT2D eigenvalue weighted by Crippen LogP contribution is 2.19. The van der Waals surface area contributed by atoms with Gasteiger partial charge >= 0.3 is 0 Å². The van der Waals surface area contributed by atoms with Gasteiger partial charge in [0.05, 0.1) is 0 Å². The van der Waals surface area contributed by atoms with Crippen molar-refractivity contribution >= 4 is 0 Å². The van der Waals surface area contributed by atoms with Crippen molar-refractivity contribution in [3.05, 3.63) is 126 Å². The molecule has 0 spiro atoms. The van der Waals surface area contributed by atoms with Crippen LogP contribution in [-0.4, -0.2) is 40.9 Å². The molecule has 0 aliphatic rings. The van der Waals surface area contributed by atoms with E-state index in [1.165, 1.54) is 5.56 Å². The van der Waals surface area contributed by atoms with Crippen LogP contribution in [0.5, 0.6) is 17.2 Å². The van der Waals surface area contributed by atoms with E-state index in [0.29, 0.717) is 18.9 Å². The van der Waals surface area contributed by atoms with E-state index in [1.54, 1.807) is 12.1 Å². The minimum absolute atomic E-state index is 0.203. The van der Waals surface area contributed by atoms with Crippen LogP contribution in [0.25, 0.3) is 0 Å². The lowest BCUT2D eigenvalue weighted by Crippen LogP contribution is -2.36. The van der Waals surface area contributed by atoms with E-state index in [-0.39, 0.29) is 12.4 Å². The number of nitrogens with zero attached hydrogens (tertiary/aromatic N) is 1. The molecule has 4 aromatic rings. The number of aromatic hydroxyl groups is 1. The van der Waals surface area contributed by atoms with Crippen molar-refractivity contribution in [3.8, 4) is 17.2 Å². The summed E-state index contributed by atoms with van der Waals surface area (Å²) in [5.41, 5.74) is 3.46. The quantitative estimate of drug-likeness (QED) is 0.265. The largest absolute Gasteiger partial charge is 0.508 e. The van der Waals surface area contributed by atoms with Crippen molar-refractivity contribution in [2.45, 2.75) is 25.7 Å². The number of aliphatic hydroxyl groups excluding tert-OH is 1. The van der Waals surface area contributed by atoms with Gasteiger partial charge < -0.3 is 19.7 Å². The normalized spacial score (nSPS) is 11.8. The predicted octanol–water partition coefficient (Wildman–Crippen LogP) is 5.46. The summed E-state index contributed by atoms with van der Waals surface area (Å²) in [6, 6.07) is 35.1. The van der Waals surface area contributed by atoms with Gasteiger partial charge in [-0.1, -0.05) is 72.8 Å². The summed E-state index contributed by atoms with van der Waals surface area (Å²) in [4.78, 5) is 2.23. The number of phenols is 1. The van der Waals surface area contributed by atoms with Gasteiger partial charge in [-0.2, -0.15) is 0 Å². The summed E-state index contributed by atoms with van der Waals surface area (Å²) in [7, 11) is 0. The van der Waals surface area contributed by atoms with E-state index in [9.17, 15) is 10.2 Å². The number of rotatable bonds is 13. The SMILES string of the molecule is Oc1ccc(CCN(Cc2ccccc2)C[C@H](O)COc2ccc(OCc3ccccc3)cc2)cc1. The van der Waals surface area contributed by atoms with Crippen molar-refractivity contribution < 1.29 is 19.7 Å². The Morgan fingerprint density at radius 2 is 1.22 bits per heavy atom. The van der Waals surface area contributed by atoms with E-state index >= 15 is 0 Å². The highest BCUT2D eigenvalue weighted by molar-refractivity contribution is 5.31. The van der Waals surface area contributed by atoms with Gasteiger partial charge in [-0.3, -0.25) is 4.90 Å². The van der Waals surface area contributed by atoms with Crippen molar-refractivity contribution in [1.29, 1.82) is 0 Å². The molecule has 0 heterocycles. The first-order chi connectivity index (χ1) is 17.6. The highest BCUT2D eigenvalue weighted by Gasteiger charge is 2.14. The standard InChI is InChI=1S/C31H33NO4/c33-28-13-11-25(12-14-28)19-20-32(21-26-7-3-1-4-8-26)22-29(34)24-36-31-17-15-30(16-18-31)35-23-27-9-5-2-6-10-27/h1-18,29,33-34H,19-24H2/t29-/m0/s1. The van der Waals surface area contributed by atoms with Crippen LogP contribution in [0.2, 0.25) is 0 Å². The van der Waals surface area contributed by atoms with Crippen LogP contribution in [0, 0.1) is 0 Å². The Hall–Kier alpha value is -3.80. The van der Waals surface area contributed by atoms with Crippen LogP contribution < -0.4 is 9.47 Å². The number of aliphatic hydroxyl groups is 1. The molecule has 0 bridgehead atoms. The molecule has 0 unspecified atom stereocenters. The Morgan fingerprint density at radius 1 is 0.639 bits per heavy atom. The summed E-state index contributed by atoms with van der Waals surface area (Å²) in [6.07, 6.45) is 0.188. The lowest BCUT2D eigenvalue weighted by atomic mass is 10.1. The van der Waals surface area contributed by atoms with E-state index in [2.05, 4.69) is 17.0 Å². The van der Waals surface area contributed by atoms with Crippen molar-refractivity contribution in [1.82, 2.24) is 4.90 Å². The Balaban J connectivity index is 1.27. The zero-order valence-electron chi connectivity index (χ0n) is 20.4. The number of ether oxygens (including phenoxy) is 2. The summed E-state index contributed by atoms with van der Waals surface area (Å²) >= 11 is 0. The maximum atomic E-state index is 10.7. The lowest BCUT2D eigenvalue weighted by molar-refractivity contribution is 0.0659. The molecule has 0 aromatic heterocycles. The van der Waals surface area contributed by atoms with Gasteiger partial charge in [-0.15, -0.1) is 0 Å². The molecule has 0 saturated carbocycles. The van der Waals surface area contributed by atoms with Crippen molar-refractivity contribution in [3.63, 3.8) is 0 Å². The molecule has 5 heteroatoms. The Bertz CT molecular complexity index is 1150. The number of phenolic OH excluding ortho intramolecular Hbond substituents is 1. The van der Waals surface area contributed by atoms with Crippen LogP contribution in [0.3, 0.4) is 0 Å². The molecule has 0 aliphatic heterocycles. The summed E-state index contributed by atoms with van der Waals surface area (Å²) < 4.78 is 11.7. The molecule has 4 aromatic carbocycles. The smallest absolute Gasteiger partial charge is 0.120 e. The first-order valence-corrected chi connectivity index (χ1v) is 12.3. The van der Waals surface area contributed by atoms with Gasteiger partial charge in [-0.05, 0) is 59.5 Å². The third kappa shape index (κ3) is 8.45. The van der Waals surface area contributed by atoms with Gasteiger partial charge in [0.15, 0.2) is 0 Å². The van der Waals surface area contributed by atoms with Gasteiger partial charge in [0.25, 0.3) is 0 Å². The topological polar surface area (TPSA) is 62.2 Å². The number of hydrogen-bond acceptors (Lipinski definition) is 5. The monoisotopic (exact) mass is 483 g/mol. The molecule has 186 valence electrons. The van der Waals surface area contributed by atoms with Crippen LogP contribution in [0.1, 0.15) is 16.7 Å². The minimum Gasteiger partial charge on any atom is -0.508 e. The second-order valence-electron chi connectivity index (χ2n) is 8.85. The molecule has 0 amide bonds. The maximum Gasteiger partial charge on any atom is 0.120 e. The van der Waals surface area contributed by atoms with Gasteiger partial charge in [0.1, 0.15) is 36.6 Å². The number of hydrogen-bond donors (Lipinski definition) is 2. The lowest BCUT2D eigenvalue weighted by Gasteiger charge is -2.25. The number of benzene rings is 4. The first-order valence-electron chi connectivity index (χ1n) is 12.3. The van der Waals surface area contributed by atoms with Gasteiger partial charge in [0, 0.05) is 19.6 Å². The molecule has 4 rings (SSSR count). The molecule has 0 aliphatic carbocycles. The summed E-state index contributed by atoms with van der Waals surface area (Å²) in [5.74, 6) is 1.73. The average Bonchev–Trinajstić information content (AvgIpc) is 2.92. The fourth-order valence-corrected chi connectivity index (χ4v) is 3.94. The molecule has 0 fully saturated rings. The van der Waals surface area contributed by atoms with Crippen LogP contribution >= 0.6 is 0 Å². The molecular formula is C31H33NO4. The van der Waals surface area contributed by atoms with Crippen molar-refractivity contribution in [2.24, 2.45) is 0 Å². The third-order valence-electron chi connectivity index (χ3n) is 5.89. The van der Waals surface area contributed by atoms with Gasteiger partial charge in [0.2, 0.25) is 0 Å². The Kier molecular flexibility index (Phi) is 9.37. The van der Waals surface area contributed by atoms with Crippen LogP contribution in [0.4, 0.5) is 0 Å². The Labute approximate surface area is 213 Å². The molecule has 2 N–H and O–H groups in total. The zero-order chi connectivity index (χ0) is 25.0. The zero-order valence-corrected chi connectivity index (χ0v) is 20.4. The van der Waals surface area contributed by atoms with Crippen LogP contribution in [0.15, 0.2) is 109 Å². The molecule has 0 saturated heterocycles. The molecule has 36 heavy (non-hydrogen) atoms. The second kappa shape index (κ2) is 13.3. The second-order valence-corrected chi connectivity index (χ2v) is 8.85. The molecule has 5 nitrogen and oxygen atoms in total. The van der Waals surface area contributed by atoms with E-state index in [0.717, 1.165) is 36.4 Å². The maximum absolute atomic E-state index is 10.7. The van der Waals surface area contributed by atoms with E-state index in [1.807, 2.05) is 84.9 Å². The summed E-state index contributed by atoms with van der Waals surface area (Å²) in [6.45, 7) is 2.73. The van der Waals surface area contributed by atoms with Crippen molar-refractivity contribution in [2.75, 3.05) is 19.7 Å². The molecule has 0 radical (unpaired) electrons. The van der Waals surface area contributed by atoms with Crippen LogP contribution in [-0.2, 0) is 19.6 Å². The minimum atomic E-state index is -0.637. The van der Waals surface area contributed by atoms with E-state index in [4.69, 9.17) is 9.47 Å². The third-order valence-corrected chi connectivity index (χ3v) is 5.89. The molecular weight excluding hydrogens is 450 g/mol. The Morgan fingerprint density at radius 3 is 1.86 bits per heavy atom. The summed E-state index contributed by atoms with van der Waals surface area (Å²) in [5, 5.41) is 20.3. The average molecular weight is 484 g/mol. The predicted molar refractivity (Wildman–Crippen MR) is 142 cm³/mol. The fourth-order valence-electron chi connectivity index (χ4n) is 3.94. The van der Waals surface area contributed by atoms with Gasteiger partial charge in [-0.25, -0.2) is 0 Å². The highest BCUT2D eigenvalue weighted by atomic mass is 16.5. The van der Waals surface area contributed by atoms with E-state index < -0.39 is 6.10 Å².